The molecule has 120 valence electrons. The van der Waals surface area contributed by atoms with E-state index in [0.717, 1.165) is 0 Å². The van der Waals surface area contributed by atoms with E-state index in [2.05, 4.69) is 18.8 Å². The molecular formula is C15H22N4O3. The van der Waals surface area contributed by atoms with Crippen LogP contribution in [0.25, 0.3) is 11.2 Å². The Bertz CT molecular complexity index is 824. The summed E-state index contributed by atoms with van der Waals surface area (Å²) in [6.45, 7) is 8.42. The smallest absolute Gasteiger partial charge is 0.332 e. The lowest BCUT2D eigenvalue weighted by molar-refractivity contribution is -0.111. The summed E-state index contributed by atoms with van der Waals surface area (Å²) in [5, 5.41) is 0. The van der Waals surface area contributed by atoms with Crippen molar-refractivity contribution in [2.45, 2.75) is 33.9 Å². The highest BCUT2D eigenvalue weighted by atomic mass is 16.5. The van der Waals surface area contributed by atoms with Gasteiger partial charge in [-0.15, -0.1) is 0 Å². The second-order valence-corrected chi connectivity index (χ2v) is 7.00. The van der Waals surface area contributed by atoms with Crippen molar-refractivity contribution < 1.29 is 4.74 Å². The van der Waals surface area contributed by atoms with E-state index in [1.54, 1.807) is 13.4 Å². The molecule has 3 heterocycles. The molecule has 0 radical (unpaired) electrons. The van der Waals surface area contributed by atoms with E-state index >= 15 is 0 Å². The highest BCUT2D eigenvalue weighted by Gasteiger charge is 2.35. The van der Waals surface area contributed by atoms with E-state index < -0.39 is 0 Å². The van der Waals surface area contributed by atoms with Crippen molar-refractivity contribution in [2.24, 2.45) is 18.4 Å². The molecule has 0 amide bonds. The van der Waals surface area contributed by atoms with Crippen LogP contribution in [0.2, 0.25) is 0 Å². The number of hydrogen-bond donors (Lipinski definition) is 0. The Morgan fingerprint density at radius 1 is 1.36 bits per heavy atom. The largest absolute Gasteiger partial charge is 0.380 e. The van der Waals surface area contributed by atoms with Gasteiger partial charge in [0.15, 0.2) is 11.2 Å². The van der Waals surface area contributed by atoms with E-state index in [4.69, 9.17) is 4.74 Å². The standard InChI is InChI=1S/C15H22N4O3/c1-10(2)5-18-9-16-12-11(18)13(20)19(14(21)17(12)4)6-15(3)7-22-8-15/h9-10H,5-8H2,1-4H3. The maximum absolute atomic E-state index is 12.8. The van der Waals surface area contributed by atoms with Gasteiger partial charge in [-0.2, -0.15) is 0 Å². The molecule has 0 aromatic carbocycles. The van der Waals surface area contributed by atoms with Gasteiger partial charge in [0, 0.05) is 25.6 Å². The average Bonchev–Trinajstić information content (AvgIpc) is 2.82. The molecule has 1 aliphatic heterocycles. The highest BCUT2D eigenvalue weighted by molar-refractivity contribution is 5.69. The van der Waals surface area contributed by atoms with E-state index in [1.807, 2.05) is 11.5 Å². The summed E-state index contributed by atoms with van der Waals surface area (Å²) in [6, 6.07) is 0. The third-order valence-corrected chi connectivity index (χ3v) is 4.10. The fourth-order valence-corrected chi connectivity index (χ4v) is 2.92. The fourth-order valence-electron chi connectivity index (χ4n) is 2.92. The Hall–Kier alpha value is -1.89. The van der Waals surface area contributed by atoms with E-state index in [0.29, 0.717) is 43.4 Å². The normalized spacial score (nSPS) is 17.1. The molecule has 7 nitrogen and oxygen atoms in total. The van der Waals surface area contributed by atoms with Crippen LogP contribution in [-0.2, 0) is 24.9 Å². The third kappa shape index (κ3) is 2.29. The van der Waals surface area contributed by atoms with Crippen LogP contribution in [0.5, 0.6) is 0 Å². The van der Waals surface area contributed by atoms with Crippen LogP contribution >= 0.6 is 0 Å². The monoisotopic (exact) mass is 306 g/mol. The van der Waals surface area contributed by atoms with Crippen LogP contribution in [0.4, 0.5) is 0 Å². The summed E-state index contributed by atoms with van der Waals surface area (Å²) < 4.78 is 9.85. The van der Waals surface area contributed by atoms with Gasteiger partial charge in [-0.25, -0.2) is 9.78 Å². The van der Waals surface area contributed by atoms with Crippen molar-refractivity contribution in [1.82, 2.24) is 18.7 Å². The molecule has 0 N–H and O–H groups in total. The number of ether oxygens (including phenoxy) is 1. The topological polar surface area (TPSA) is 71.1 Å². The van der Waals surface area contributed by atoms with Crippen LogP contribution in [0.3, 0.4) is 0 Å². The maximum Gasteiger partial charge on any atom is 0.332 e. The molecule has 0 bridgehead atoms. The van der Waals surface area contributed by atoms with Crippen LogP contribution in [0, 0.1) is 11.3 Å². The van der Waals surface area contributed by atoms with E-state index in [-0.39, 0.29) is 16.7 Å². The Labute approximate surface area is 128 Å². The molecule has 22 heavy (non-hydrogen) atoms. The van der Waals surface area contributed by atoms with Gasteiger partial charge in [0.1, 0.15) is 0 Å². The van der Waals surface area contributed by atoms with Crippen molar-refractivity contribution in [3.63, 3.8) is 0 Å². The summed E-state index contributed by atoms with van der Waals surface area (Å²) in [4.78, 5) is 29.6. The number of aryl methyl sites for hydroxylation is 1. The predicted molar refractivity (Wildman–Crippen MR) is 83.0 cm³/mol. The minimum absolute atomic E-state index is 0.146. The molecule has 0 aliphatic carbocycles. The van der Waals surface area contributed by atoms with Gasteiger partial charge in [-0.05, 0) is 5.92 Å². The summed E-state index contributed by atoms with van der Waals surface area (Å²) in [6.07, 6.45) is 1.64. The van der Waals surface area contributed by atoms with Crippen molar-refractivity contribution in [1.29, 1.82) is 0 Å². The van der Waals surface area contributed by atoms with Gasteiger partial charge in [-0.3, -0.25) is 13.9 Å². The summed E-state index contributed by atoms with van der Waals surface area (Å²) in [7, 11) is 1.66. The number of aromatic nitrogens is 4. The molecule has 1 saturated heterocycles. The average molecular weight is 306 g/mol. The molecule has 0 spiro atoms. The zero-order valence-electron chi connectivity index (χ0n) is 13.5. The van der Waals surface area contributed by atoms with Crippen LogP contribution in [0.15, 0.2) is 15.9 Å². The minimum atomic E-state index is -0.319. The van der Waals surface area contributed by atoms with Crippen molar-refractivity contribution in [3.8, 4) is 0 Å². The lowest BCUT2D eigenvalue weighted by atomic mass is 9.88. The summed E-state index contributed by atoms with van der Waals surface area (Å²) in [5.41, 5.74) is 0.221. The third-order valence-electron chi connectivity index (χ3n) is 4.10. The Morgan fingerprint density at radius 2 is 2.05 bits per heavy atom. The number of hydrogen-bond acceptors (Lipinski definition) is 4. The molecule has 1 fully saturated rings. The molecule has 2 aromatic heterocycles. The van der Waals surface area contributed by atoms with Crippen LogP contribution in [-0.4, -0.2) is 31.9 Å². The zero-order chi connectivity index (χ0) is 16.1. The first-order valence-corrected chi connectivity index (χ1v) is 7.55. The number of nitrogens with zero attached hydrogens (tertiary/aromatic N) is 4. The van der Waals surface area contributed by atoms with E-state index in [9.17, 15) is 9.59 Å². The van der Waals surface area contributed by atoms with Crippen molar-refractivity contribution in [2.75, 3.05) is 13.2 Å². The quantitative estimate of drug-likeness (QED) is 0.829. The molecule has 3 rings (SSSR count). The summed E-state index contributed by atoms with van der Waals surface area (Å²) in [5.74, 6) is 0.389. The van der Waals surface area contributed by atoms with Crippen LogP contribution < -0.4 is 11.2 Å². The number of rotatable bonds is 4. The maximum atomic E-state index is 12.8. The number of fused-ring (bicyclic) bond motifs is 1. The van der Waals surface area contributed by atoms with Crippen molar-refractivity contribution >= 4 is 11.2 Å². The van der Waals surface area contributed by atoms with Gasteiger partial charge in [0.25, 0.3) is 5.56 Å². The van der Waals surface area contributed by atoms with Gasteiger partial charge in [-0.1, -0.05) is 20.8 Å². The number of imidazole rings is 1. The molecule has 7 heteroatoms. The molecule has 2 aromatic rings. The first-order valence-electron chi connectivity index (χ1n) is 7.55. The predicted octanol–water partition coefficient (Wildman–Crippen LogP) is 0.589. The molecule has 0 atom stereocenters. The lowest BCUT2D eigenvalue weighted by Gasteiger charge is -2.38. The first kappa shape index (κ1) is 15.0. The molecule has 1 aliphatic rings. The van der Waals surface area contributed by atoms with Gasteiger partial charge >= 0.3 is 5.69 Å². The molecule has 0 saturated carbocycles. The van der Waals surface area contributed by atoms with Gasteiger partial charge in [0.2, 0.25) is 0 Å². The highest BCUT2D eigenvalue weighted by Crippen LogP contribution is 2.27. The Morgan fingerprint density at radius 3 is 2.59 bits per heavy atom. The van der Waals surface area contributed by atoms with Crippen LogP contribution in [0.1, 0.15) is 20.8 Å². The Kier molecular flexibility index (Phi) is 3.47. The Balaban J connectivity index is 2.20. The van der Waals surface area contributed by atoms with Crippen molar-refractivity contribution in [3.05, 3.63) is 27.2 Å². The van der Waals surface area contributed by atoms with Gasteiger partial charge < -0.3 is 9.30 Å². The van der Waals surface area contributed by atoms with E-state index in [1.165, 1.54) is 9.13 Å². The minimum Gasteiger partial charge on any atom is -0.380 e. The second kappa shape index (κ2) is 5.08. The fraction of sp³-hybridized carbons (Fsp3) is 0.667. The van der Waals surface area contributed by atoms with Gasteiger partial charge in [0.05, 0.1) is 19.5 Å². The molecular weight excluding hydrogens is 284 g/mol. The SMILES string of the molecule is CC(C)Cn1cnc2c1c(=O)n(CC1(C)COC1)c(=O)n2C. The molecule has 0 unspecified atom stereocenters. The zero-order valence-corrected chi connectivity index (χ0v) is 13.5. The lowest BCUT2D eigenvalue weighted by Crippen LogP contribution is -2.50. The first-order chi connectivity index (χ1) is 10.3. The second-order valence-electron chi connectivity index (χ2n) is 7.00. The summed E-state index contributed by atoms with van der Waals surface area (Å²) >= 11 is 0.